The molecule has 0 aliphatic carbocycles. The highest BCUT2D eigenvalue weighted by Crippen LogP contribution is 2.30. The summed E-state index contributed by atoms with van der Waals surface area (Å²) in [4.78, 5) is 18.5. The molecule has 2 aromatic carbocycles. The monoisotopic (exact) mass is 350 g/mol. The Kier molecular flexibility index (Phi) is 4.07. The molecular formula is C21H22N2O3. The van der Waals surface area contributed by atoms with Crippen LogP contribution in [0.5, 0.6) is 11.5 Å². The molecule has 3 aromatic rings. The van der Waals surface area contributed by atoms with Crippen molar-refractivity contribution in [2.75, 3.05) is 20.8 Å². The van der Waals surface area contributed by atoms with Gasteiger partial charge in [0, 0.05) is 53.3 Å². The lowest BCUT2D eigenvalue weighted by molar-refractivity contribution is 0.0734. The van der Waals surface area contributed by atoms with E-state index in [1.165, 1.54) is 22.2 Å². The SMILES string of the molecule is COc1cc(OC)cc(C(=O)N2CCc3[nH]c4ccc(C)cc4c3C2)c1. The van der Waals surface area contributed by atoms with E-state index in [0.717, 1.165) is 11.9 Å². The Hall–Kier alpha value is -2.95. The standard InChI is InChI=1S/C21H22N2O3/c1-13-4-5-19-17(8-13)18-12-23(7-6-20(18)22-19)21(24)14-9-15(25-2)11-16(10-14)26-3/h4-5,8-11,22H,6-7,12H2,1-3H3. The molecule has 0 saturated heterocycles. The average Bonchev–Trinajstić information content (AvgIpc) is 3.04. The van der Waals surface area contributed by atoms with E-state index in [0.29, 0.717) is 30.2 Å². The number of aryl methyl sites for hydroxylation is 1. The zero-order valence-electron chi connectivity index (χ0n) is 15.3. The highest BCUT2D eigenvalue weighted by Gasteiger charge is 2.25. The van der Waals surface area contributed by atoms with Crippen LogP contribution in [0.4, 0.5) is 0 Å². The molecule has 0 fully saturated rings. The molecule has 5 nitrogen and oxygen atoms in total. The van der Waals surface area contributed by atoms with Crippen molar-refractivity contribution >= 4 is 16.8 Å². The summed E-state index contributed by atoms with van der Waals surface area (Å²) in [7, 11) is 3.18. The largest absolute Gasteiger partial charge is 0.497 e. The van der Waals surface area contributed by atoms with Gasteiger partial charge in [-0.15, -0.1) is 0 Å². The van der Waals surface area contributed by atoms with E-state index in [-0.39, 0.29) is 5.91 Å². The summed E-state index contributed by atoms with van der Waals surface area (Å²) in [6.45, 7) is 3.39. The molecule has 0 unspecified atom stereocenters. The van der Waals surface area contributed by atoms with Crippen molar-refractivity contribution < 1.29 is 14.3 Å². The third-order valence-corrected chi connectivity index (χ3v) is 5.02. The first kappa shape index (κ1) is 16.5. The van der Waals surface area contributed by atoms with Crippen molar-refractivity contribution in [1.29, 1.82) is 0 Å². The fourth-order valence-corrected chi connectivity index (χ4v) is 3.61. The number of aromatic nitrogens is 1. The number of nitrogens with one attached hydrogen (secondary N) is 1. The van der Waals surface area contributed by atoms with Crippen LogP contribution in [0.3, 0.4) is 0 Å². The van der Waals surface area contributed by atoms with E-state index in [9.17, 15) is 4.79 Å². The van der Waals surface area contributed by atoms with Crippen molar-refractivity contribution in [3.63, 3.8) is 0 Å². The molecule has 1 N–H and O–H groups in total. The summed E-state index contributed by atoms with van der Waals surface area (Å²) in [5, 5.41) is 1.21. The van der Waals surface area contributed by atoms with Crippen LogP contribution in [-0.4, -0.2) is 36.6 Å². The topological polar surface area (TPSA) is 54.6 Å². The molecule has 5 heteroatoms. The first-order valence-corrected chi connectivity index (χ1v) is 8.71. The summed E-state index contributed by atoms with van der Waals surface area (Å²) >= 11 is 0. The van der Waals surface area contributed by atoms with E-state index >= 15 is 0 Å². The molecule has 1 aromatic heterocycles. The van der Waals surface area contributed by atoms with Crippen LogP contribution in [0.15, 0.2) is 36.4 Å². The second-order valence-electron chi connectivity index (χ2n) is 6.71. The lowest BCUT2D eigenvalue weighted by Crippen LogP contribution is -2.35. The van der Waals surface area contributed by atoms with Gasteiger partial charge in [-0.2, -0.15) is 0 Å². The molecule has 1 aliphatic heterocycles. The minimum atomic E-state index is -0.00477. The second-order valence-corrected chi connectivity index (χ2v) is 6.71. The van der Waals surface area contributed by atoms with Gasteiger partial charge >= 0.3 is 0 Å². The lowest BCUT2D eigenvalue weighted by Gasteiger charge is -2.27. The Bertz CT molecular complexity index is 968. The highest BCUT2D eigenvalue weighted by molar-refractivity contribution is 5.96. The summed E-state index contributed by atoms with van der Waals surface area (Å²) in [6.07, 6.45) is 0.829. The molecule has 1 amide bonds. The van der Waals surface area contributed by atoms with Gasteiger partial charge in [-0.05, 0) is 31.2 Å². The number of fused-ring (bicyclic) bond motifs is 3. The zero-order chi connectivity index (χ0) is 18.3. The van der Waals surface area contributed by atoms with Gasteiger partial charge in [0.25, 0.3) is 5.91 Å². The molecule has 134 valence electrons. The van der Waals surface area contributed by atoms with E-state index in [1.54, 1.807) is 32.4 Å². The number of nitrogens with zero attached hydrogens (tertiary/aromatic N) is 1. The van der Waals surface area contributed by atoms with Gasteiger partial charge in [0.05, 0.1) is 14.2 Å². The van der Waals surface area contributed by atoms with Gasteiger partial charge < -0.3 is 19.4 Å². The van der Waals surface area contributed by atoms with Crippen LogP contribution in [0.25, 0.3) is 10.9 Å². The Morgan fingerprint density at radius 2 is 1.81 bits per heavy atom. The molecule has 26 heavy (non-hydrogen) atoms. The van der Waals surface area contributed by atoms with Crippen LogP contribution < -0.4 is 9.47 Å². The molecule has 2 heterocycles. The first-order chi connectivity index (χ1) is 12.6. The summed E-state index contributed by atoms with van der Waals surface area (Å²) in [5.41, 5.74) is 5.40. The van der Waals surface area contributed by atoms with Gasteiger partial charge in [0.15, 0.2) is 0 Å². The molecular weight excluding hydrogens is 328 g/mol. The average molecular weight is 350 g/mol. The third-order valence-electron chi connectivity index (χ3n) is 5.02. The number of methoxy groups -OCH3 is 2. The van der Waals surface area contributed by atoms with Gasteiger partial charge in [-0.3, -0.25) is 4.79 Å². The van der Waals surface area contributed by atoms with Crippen LogP contribution in [-0.2, 0) is 13.0 Å². The number of rotatable bonds is 3. The van der Waals surface area contributed by atoms with Crippen LogP contribution in [0, 0.1) is 6.92 Å². The summed E-state index contributed by atoms with van der Waals surface area (Å²) in [5.74, 6) is 1.23. The van der Waals surface area contributed by atoms with E-state index in [1.807, 2.05) is 4.90 Å². The van der Waals surface area contributed by atoms with Gasteiger partial charge in [-0.1, -0.05) is 11.6 Å². The van der Waals surface area contributed by atoms with Crippen LogP contribution in [0.1, 0.15) is 27.2 Å². The maximum atomic E-state index is 13.1. The molecule has 0 spiro atoms. The molecule has 4 rings (SSSR count). The fourth-order valence-electron chi connectivity index (χ4n) is 3.61. The normalized spacial score (nSPS) is 13.6. The van der Waals surface area contributed by atoms with Crippen molar-refractivity contribution in [3.05, 3.63) is 58.8 Å². The van der Waals surface area contributed by atoms with Gasteiger partial charge in [-0.25, -0.2) is 0 Å². The molecule has 0 atom stereocenters. The number of amides is 1. The quantitative estimate of drug-likeness (QED) is 0.784. The second kappa shape index (κ2) is 6.41. The minimum Gasteiger partial charge on any atom is -0.497 e. The maximum absolute atomic E-state index is 13.1. The van der Waals surface area contributed by atoms with Gasteiger partial charge in [0.2, 0.25) is 0 Å². The van der Waals surface area contributed by atoms with Crippen molar-refractivity contribution in [1.82, 2.24) is 9.88 Å². The van der Waals surface area contributed by atoms with E-state index in [2.05, 4.69) is 30.1 Å². The first-order valence-electron chi connectivity index (χ1n) is 8.71. The van der Waals surface area contributed by atoms with Crippen LogP contribution >= 0.6 is 0 Å². The number of ether oxygens (including phenoxy) is 2. The number of hydrogen-bond acceptors (Lipinski definition) is 3. The number of benzene rings is 2. The van der Waals surface area contributed by atoms with E-state index in [4.69, 9.17) is 9.47 Å². The molecule has 0 saturated carbocycles. The van der Waals surface area contributed by atoms with Crippen LogP contribution in [0.2, 0.25) is 0 Å². The Morgan fingerprint density at radius 3 is 2.50 bits per heavy atom. The summed E-state index contributed by atoms with van der Waals surface area (Å²) < 4.78 is 10.6. The lowest BCUT2D eigenvalue weighted by atomic mass is 10.0. The molecule has 0 bridgehead atoms. The number of H-pyrrole nitrogens is 1. The minimum absolute atomic E-state index is 0.00477. The Labute approximate surface area is 152 Å². The molecule has 1 aliphatic rings. The van der Waals surface area contributed by atoms with Gasteiger partial charge in [0.1, 0.15) is 11.5 Å². The number of carbonyl (C=O) groups excluding carboxylic acids is 1. The summed E-state index contributed by atoms with van der Waals surface area (Å²) in [6, 6.07) is 11.7. The predicted molar refractivity (Wildman–Crippen MR) is 101 cm³/mol. The highest BCUT2D eigenvalue weighted by atomic mass is 16.5. The zero-order valence-corrected chi connectivity index (χ0v) is 15.3. The Balaban J connectivity index is 1.67. The number of aromatic amines is 1. The molecule has 0 radical (unpaired) electrons. The predicted octanol–water partition coefficient (Wildman–Crippen LogP) is 3.69. The fraction of sp³-hybridized carbons (Fsp3) is 0.286. The van der Waals surface area contributed by atoms with E-state index < -0.39 is 0 Å². The maximum Gasteiger partial charge on any atom is 0.254 e. The third kappa shape index (κ3) is 2.79. The Morgan fingerprint density at radius 1 is 1.08 bits per heavy atom. The van der Waals surface area contributed by atoms with Crippen molar-refractivity contribution in [3.8, 4) is 11.5 Å². The number of carbonyl (C=O) groups is 1. The smallest absolute Gasteiger partial charge is 0.254 e. The number of hydrogen-bond donors (Lipinski definition) is 1. The van der Waals surface area contributed by atoms with Crippen molar-refractivity contribution in [2.45, 2.75) is 19.9 Å². The van der Waals surface area contributed by atoms with Crippen molar-refractivity contribution in [2.24, 2.45) is 0 Å².